The molecule has 3 aromatic carbocycles. The molecule has 26 heavy (non-hydrogen) atoms. The summed E-state index contributed by atoms with van der Waals surface area (Å²) in [5.74, 6) is 1.04. The highest BCUT2D eigenvalue weighted by atomic mass is 14.8. The van der Waals surface area contributed by atoms with Crippen LogP contribution in [0.2, 0.25) is 0 Å². The molecule has 0 aliphatic carbocycles. The van der Waals surface area contributed by atoms with Crippen molar-refractivity contribution < 1.29 is 0 Å². The smallest absolute Gasteiger partial charge is 0.0974 e. The van der Waals surface area contributed by atoms with Crippen molar-refractivity contribution in [3.05, 3.63) is 59.4 Å². The molecule has 2 nitrogen and oxygen atoms in total. The Hall–Kier alpha value is -2.48. The van der Waals surface area contributed by atoms with Crippen molar-refractivity contribution in [2.24, 2.45) is 0 Å². The van der Waals surface area contributed by atoms with Crippen LogP contribution in [-0.4, -0.2) is 9.97 Å². The molecule has 0 saturated carbocycles. The van der Waals surface area contributed by atoms with E-state index in [-0.39, 0.29) is 0 Å². The molecule has 1 heterocycles. The third kappa shape index (κ3) is 2.65. The zero-order chi connectivity index (χ0) is 18.4. The molecule has 4 aromatic rings. The summed E-state index contributed by atoms with van der Waals surface area (Å²) in [5, 5.41) is 4.97. The molecule has 1 unspecified atom stereocenters. The maximum Gasteiger partial charge on any atom is 0.0974 e. The molecule has 0 saturated heterocycles. The lowest BCUT2D eigenvalue weighted by molar-refractivity contribution is 0.735. The van der Waals surface area contributed by atoms with Gasteiger partial charge in [-0.1, -0.05) is 52.0 Å². The van der Waals surface area contributed by atoms with Gasteiger partial charge in [0.15, 0.2) is 0 Å². The van der Waals surface area contributed by atoms with Crippen LogP contribution in [0, 0.1) is 6.92 Å². The van der Waals surface area contributed by atoms with Gasteiger partial charge in [0, 0.05) is 17.0 Å². The van der Waals surface area contributed by atoms with E-state index in [0.717, 1.165) is 23.1 Å². The third-order valence-corrected chi connectivity index (χ3v) is 5.63. The fourth-order valence-electron chi connectivity index (χ4n) is 3.75. The van der Waals surface area contributed by atoms with Crippen LogP contribution < -0.4 is 0 Å². The summed E-state index contributed by atoms with van der Waals surface area (Å²) in [7, 11) is 0. The fraction of sp³-hybridized carbons (Fsp3) is 0.333. The summed E-state index contributed by atoms with van der Waals surface area (Å²) in [4.78, 5) is 9.68. The molecule has 0 radical (unpaired) electrons. The summed E-state index contributed by atoms with van der Waals surface area (Å²) in [5.41, 5.74) is 5.73. The monoisotopic (exact) mass is 342 g/mol. The first-order valence-corrected chi connectivity index (χ1v) is 9.62. The van der Waals surface area contributed by atoms with Crippen molar-refractivity contribution in [1.82, 2.24) is 9.97 Å². The Bertz CT molecular complexity index is 1130. The molecular weight excluding hydrogens is 316 g/mol. The van der Waals surface area contributed by atoms with Crippen molar-refractivity contribution >= 4 is 32.6 Å². The molecule has 4 rings (SSSR count). The molecule has 0 fully saturated rings. The summed E-state index contributed by atoms with van der Waals surface area (Å²) >= 11 is 0. The number of nitrogens with zero attached hydrogens (tertiary/aromatic N) is 2. The van der Waals surface area contributed by atoms with Crippen molar-refractivity contribution in [2.75, 3.05) is 0 Å². The normalized spacial score (nSPS) is 13.2. The third-order valence-electron chi connectivity index (χ3n) is 5.63. The average Bonchev–Trinajstić information content (AvgIpc) is 2.66. The lowest BCUT2D eigenvalue weighted by atomic mass is 9.91. The van der Waals surface area contributed by atoms with Gasteiger partial charge in [-0.3, -0.25) is 4.98 Å². The highest BCUT2D eigenvalue weighted by molar-refractivity contribution is 6.23. The minimum absolute atomic E-state index is 0.496. The molecule has 2 heteroatoms. The number of aromatic nitrogens is 2. The Balaban J connectivity index is 2.18. The van der Waals surface area contributed by atoms with Crippen LogP contribution in [0.4, 0.5) is 0 Å². The van der Waals surface area contributed by atoms with Gasteiger partial charge >= 0.3 is 0 Å². The Morgan fingerprint density at radius 3 is 2.08 bits per heavy atom. The summed E-state index contributed by atoms with van der Waals surface area (Å²) < 4.78 is 0. The summed E-state index contributed by atoms with van der Waals surface area (Å²) in [6, 6.07) is 13.7. The van der Waals surface area contributed by atoms with Gasteiger partial charge in [-0.2, -0.15) is 0 Å². The van der Waals surface area contributed by atoms with Gasteiger partial charge < -0.3 is 0 Å². The van der Waals surface area contributed by atoms with Gasteiger partial charge in [-0.15, -0.1) is 0 Å². The number of rotatable bonds is 3. The van der Waals surface area contributed by atoms with Crippen molar-refractivity contribution in [1.29, 1.82) is 0 Å². The lowest BCUT2D eigenvalue weighted by Gasteiger charge is -2.15. The average molecular weight is 342 g/mol. The lowest BCUT2D eigenvalue weighted by Crippen LogP contribution is -1.96. The summed E-state index contributed by atoms with van der Waals surface area (Å²) in [6.45, 7) is 11.0. The standard InChI is InChI=1S/C24H26N2/c1-6-15(4)18-8-10-19-20-9-7-17(14(2)3)11-22(20)24-23(21(19)12-18)25-13-16(5)26-24/h7-15H,6H2,1-5H3. The Labute approximate surface area is 155 Å². The fourth-order valence-corrected chi connectivity index (χ4v) is 3.75. The SMILES string of the molecule is CCC(C)c1ccc2c3ccc(C(C)C)cc3c3nc(C)cnc3c2c1. The van der Waals surface area contributed by atoms with Crippen LogP contribution in [-0.2, 0) is 0 Å². The quantitative estimate of drug-likeness (QED) is 0.379. The van der Waals surface area contributed by atoms with Crippen LogP contribution in [0.15, 0.2) is 42.6 Å². The van der Waals surface area contributed by atoms with Crippen molar-refractivity contribution in [3.63, 3.8) is 0 Å². The Morgan fingerprint density at radius 1 is 0.808 bits per heavy atom. The highest BCUT2D eigenvalue weighted by Crippen LogP contribution is 2.36. The second kappa shape index (κ2) is 6.35. The van der Waals surface area contributed by atoms with Crippen LogP contribution in [0.5, 0.6) is 0 Å². The van der Waals surface area contributed by atoms with E-state index in [0.29, 0.717) is 11.8 Å². The van der Waals surface area contributed by atoms with E-state index in [1.54, 1.807) is 0 Å². The molecule has 0 amide bonds. The number of aryl methyl sites for hydroxylation is 1. The largest absolute Gasteiger partial charge is 0.252 e. The van der Waals surface area contributed by atoms with Gasteiger partial charge in [0.05, 0.1) is 16.7 Å². The van der Waals surface area contributed by atoms with E-state index >= 15 is 0 Å². The topological polar surface area (TPSA) is 25.8 Å². The molecule has 0 bridgehead atoms. The van der Waals surface area contributed by atoms with Crippen LogP contribution in [0.25, 0.3) is 32.6 Å². The molecule has 0 aliphatic heterocycles. The molecule has 0 spiro atoms. The van der Waals surface area contributed by atoms with Crippen LogP contribution in [0.1, 0.15) is 62.8 Å². The van der Waals surface area contributed by atoms with E-state index in [4.69, 9.17) is 9.97 Å². The number of benzene rings is 3. The van der Waals surface area contributed by atoms with E-state index in [9.17, 15) is 0 Å². The van der Waals surface area contributed by atoms with Gasteiger partial charge in [0.1, 0.15) is 0 Å². The molecule has 132 valence electrons. The zero-order valence-corrected chi connectivity index (χ0v) is 16.3. The first-order chi connectivity index (χ1) is 12.5. The van der Waals surface area contributed by atoms with E-state index in [1.807, 2.05) is 13.1 Å². The van der Waals surface area contributed by atoms with Gasteiger partial charge in [0.2, 0.25) is 0 Å². The number of fused-ring (bicyclic) bond motifs is 6. The van der Waals surface area contributed by atoms with Crippen LogP contribution in [0.3, 0.4) is 0 Å². The minimum Gasteiger partial charge on any atom is -0.252 e. The van der Waals surface area contributed by atoms with E-state index in [2.05, 4.69) is 64.1 Å². The molecular formula is C24H26N2. The predicted octanol–water partition coefficient (Wildman–Crippen LogP) is 6.88. The van der Waals surface area contributed by atoms with E-state index < -0.39 is 0 Å². The van der Waals surface area contributed by atoms with Gasteiger partial charge in [0.25, 0.3) is 0 Å². The first-order valence-electron chi connectivity index (χ1n) is 9.62. The number of hydrogen-bond acceptors (Lipinski definition) is 2. The second-order valence-corrected chi connectivity index (χ2v) is 7.78. The predicted molar refractivity (Wildman–Crippen MR) is 112 cm³/mol. The van der Waals surface area contributed by atoms with Gasteiger partial charge in [-0.25, -0.2) is 4.98 Å². The molecule has 1 atom stereocenters. The van der Waals surface area contributed by atoms with E-state index in [1.165, 1.54) is 32.7 Å². The first kappa shape index (κ1) is 17.0. The summed E-state index contributed by atoms with van der Waals surface area (Å²) in [6.07, 6.45) is 3.02. The van der Waals surface area contributed by atoms with Crippen molar-refractivity contribution in [2.45, 2.75) is 52.9 Å². The van der Waals surface area contributed by atoms with Crippen molar-refractivity contribution in [3.8, 4) is 0 Å². The van der Waals surface area contributed by atoms with Crippen LogP contribution >= 0.6 is 0 Å². The number of hydrogen-bond donors (Lipinski definition) is 0. The molecule has 0 aliphatic rings. The zero-order valence-electron chi connectivity index (χ0n) is 16.3. The Kier molecular flexibility index (Phi) is 4.14. The maximum absolute atomic E-state index is 4.89. The Morgan fingerprint density at radius 2 is 1.42 bits per heavy atom. The van der Waals surface area contributed by atoms with Gasteiger partial charge in [-0.05, 0) is 59.2 Å². The maximum atomic E-state index is 4.89. The second-order valence-electron chi connectivity index (χ2n) is 7.78. The minimum atomic E-state index is 0.496. The highest BCUT2D eigenvalue weighted by Gasteiger charge is 2.14. The molecule has 0 N–H and O–H groups in total. The molecule has 1 aromatic heterocycles.